The summed E-state index contributed by atoms with van der Waals surface area (Å²) in [5, 5.41) is 0. The van der Waals surface area contributed by atoms with E-state index in [9.17, 15) is 18.0 Å². The molecule has 2 aromatic rings. The SMILES string of the molecule is CC(=O)c1ccc(C2=C(c3ccc(S(C)(=O)=O)cc3)OC(C)(C)C2=O)s1. The molecule has 0 saturated carbocycles. The van der Waals surface area contributed by atoms with E-state index >= 15 is 0 Å². The van der Waals surface area contributed by atoms with Gasteiger partial charge >= 0.3 is 0 Å². The van der Waals surface area contributed by atoms with Crippen molar-refractivity contribution in [3.63, 3.8) is 0 Å². The van der Waals surface area contributed by atoms with Gasteiger partial charge in [0.05, 0.1) is 15.3 Å². The normalized spacial score (nSPS) is 16.7. The molecule has 0 radical (unpaired) electrons. The highest BCUT2D eigenvalue weighted by atomic mass is 32.2. The Morgan fingerprint density at radius 1 is 1.08 bits per heavy atom. The molecule has 1 aliphatic heterocycles. The summed E-state index contributed by atoms with van der Waals surface area (Å²) in [4.78, 5) is 25.9. The number of hydrogen-bond acceptors (Lipinski definition) is 6. The first-order chi connectivity index (χ1) is 12.0. The summed E-state index contributed by atoms with van der Waals surface area (Å²) in [6.07, 6.45) is 1.14. The summed E-state index contributed by atoms with van der Waals surface area (Å²) in [7, 11) is -3.31. The van der Waals surface area contributed by atoms with E-state index in [-0.39, 0.29) is 16.5 Å². The first kappa shape index (κ1) is 18.5. The molecule has 2 heterocycles. The number of benzene rings is 1. The number of Topliss-reactive ketones (excluding diaryl/α,β-unsaturated/α-hetero) is 2. The molecule has 0 fully saturated rings. The fraction of sp³-hybridized carbons (Fsp3) is 0.263. The summed E-state index contributed by atoms with van der Waals surface area (Å²) in [5.74, 6) is 0.167. The van der Waals surface area contributed by atoms with Crippen LogP contribution in [0.5, 0.6) is 0 Å². The molecule has 0 amide bonds. The fourth-order valence-corrected chi connectivity index (χ4v) is 4.27. The van der Waals surface area contributed by atoms with E-state index in [1.54, 1.807) is 38.1 Å². The van der Waals surface area contributed by atoms with Crippen molar-refractivity contribution in [2.45, 2.75) is 31.3 Å². The summed E-state index contributed by atoms with van der Waals surface area (Å²) >= 11 is 1.24. The van der Waals surface area contributed by atoms with E-state index in [1.807, 2.05) is 0 Å². The second kappa shape index (κ2) is 6.17. The third-order valence-corrected chi connectivity index (χ3v) is 6.43. The van der Waals surface area contributed by atoms with Gasteiger partial charge in [-0.3, -0.25) is 9.59 Å². The maximum absolute atomic E-state index is 12.9. The van der Waals surface area contributed by atoms with Crippen molar-refractivity contribution in [2.75, 3.05) is 6.26 Å². The Bertz CT molecular complexity index is 1040. The van der Waals surface area contributed by atoms with Crippen molar-refractivity contribution in [1.29, 1.82) is 0 Å². The lowest BCUT2D eigenvalue weighted by Crippen LogP contribution is -2.29. The van der Waals surface area contributed by atoms with E-state index in [4.69, 9.17) is 4.74 Å². The van der Waals surface area contributed by atoms with Gasteiger partial charge < -0.3 is 4.74 Å². The van der Waals surface area contributed by atoms with Crippen molar-refractivity contribution < 1.29 is 22.7 Å². The van der Waals surface area contributed by atoms with Gasteiger partial charge in [0.15, 0.2) is 21.2 Å². The van der Waals surface area contributed by atoms with E-state index < -0.39 is 15.4 Å². The lowest BCUT2D eigenvalue weighted by Gasteiger charge is -2.17. The van der Waals surface area contributed by atoms with Gasteiger partial charge in [-0.05, 0) is 57.2 Å². The molecule has 0 unspecified atom stereocenters. The molecule has 1 aliphatic rings. The summed E-state index contributed by atoms with van der Waals surface area (Å²) < 4.78 is 29.2. The molecule has 0 spiro atoms. The zero-order valence-electron chi connectivity index (χ0n) is 14.8. The van der Waals surface area contributed by atoms with Crippen molar-refractivity contribution in [1.82, 2.24) is 0 Å². The van der Waals surface area contributed by atoms with E-state index in [0.29, 0.717) is 26.7 Å². The number of carbonyl (C=O) groups excluding carboxylic acids is 2. The van der Waals surface area contributed by atoms with Crippen molar-refractivity contribution >= 4 is 44.1 Å². The molecule has 7 heteroatoms. The minimum atomic E-state index is -3.31. The second-order valence-electron chi connectivity index (χ2n) is 6.66. The maximum Gasteiger partial charge on any atom is 0.210 e. The van der Waals surface area contributed by atoms with Crippen LogP contribution in [0, 0.1) is 0 Å². The Balaban J connectivity index is 2.14. The van der Waals surface area contributed by atoms with Crippen LogP contribution in [-0.2, 0) is 19.4 Å². The Labute approximate surface area is 156 Å². The van der Waals surface area contributed by atoms with Gasteiger partial charge in [0.25, 0.3) is 0 Å². The van der Waals surface area contributed by atoms with Crippen molar-refractivity contribution in [3.05, 3.63) is 51.7 Å². The summed E-state index contributed by atoms with van der Waals surface area (Å²) in [5.41, 5.74) is 0.00397. The zero-order chi connectivity index (χ0) is 19.3. The maximum atomic E-state index is 12.9. The van der Waals surface area contributed by atoms with Gasteiger partial charge in [0.2, 0.25) is 5.78 Å². The minimum absolute atomic E-state index is 0.0634. The highest BCUT2D eigenvalue weighted by Crippen LogP contribution is 2.43. The molecular formula is C19H18O5S2. The van der Waals surface area contributed by atoms with Crippen LogP contribution >= 0.6 is 11.3 Å². The molecule has 0 atom stereocenters. The number of thiophene rings is 1. The summed E-state index contributed by atoms with van der Waals surface area (Å²) in [6, 6.07) is 9.66. The molecule has 0 aliphatic carbocycles. The molecule has 1 aromatic carbocycles. The Hall–Kier alpha value is -2.25. The monoisotopic (exact) mass is 390 g/mol. The Kier molecular flexibility index (Phi) is 4.40. The lowest BCUT2D eigenvalue weighted by atomic mass is 9.97. The lowest BCUT2D eigenvalue weighted by molar-refractivity contribution is -0.125. The van der Waals surface area contributed by atoms with Gasteiger partial charge in [0.1, 0.15) is 5.76 Å². The van der Waals surface area contributed by atoms with Crippen LogP contribution in [0.25, 0.3) is 11.3 Å². The standard InChI is InChI=1S/C19H18O5S2/c1-11(20)14-9-10-15(25-14)16-17(24-19(2,3)18(16)21)12-5-7-13(8-6-12)26(4,22)23/h5-10H,1-4H3. The quantitative estimate of drug-likeness (QED) is 0.746. The summed E-state index contributed by atoms with van der Waals surface area (Å²) in [6.45, 7) is 4.85. The van der Waals surface area contributed by atoms with Crippen molar-refractivity contribution in [2.24, 2.45) is 0 Å². The number of carbonyl (C=O) groups is 2. The average molecular weight is 390 g/mol. The van der Waals surface area contributed by atoms with E-state index in [2.05, 4.69) is 0 Å². The fourth-order valence-electron chi connectivity index (χ4n) is 2.70. The molecule has 26 heavy (non-hydrogen) atoms. The van der Waals surface area contributed by atoms with Gasteiger partial charge in [0, 0.05) is 16.7 Å². The topological polar surface area (TPSA) is 77.5 Å². The van der Waals surface area contributed by atoms with Crippen LogP contribution in [0.1, 0.15) is 40.9 Å². The molecule has 1 aromatic heterocycles. The first-order valence-corrected chi connectivity index (χ1v) is 10.6. The molecule has 136 valence electrons. The zero-order valence-corrected chi connectivity index (χ0v) is 16.5. The Morgan fingerprint density at radius 3 is 2.19 bits per heavy atom. The van der Waals surface area contributed by atoms with E-state index in [0.717, 1.165) is 6.26 Å². The highest BCUT2D eigenvalue weighted by Gasteiger charge is 2.43. The van der Waals surface area contributed by atoms with Crippen LogP contribution in [-0.4, -0.2) is 31.8 Å². The van der Waals surface area contributed by atoms with Gasteiger partial charge in [-0.15, -0.1) is 11.3 Å². The van der Waals surface area contributed by atoms with Crippen LogP contribution in [0.3, 0.4) is 0 Å². The van der Waals surface area contributed by atoms with Crippen LogP contribution in [0.15, 0.2) is 41.3 Å². The molecule has 0 saturated heterocycles. The first-order valence-electron chi connectivity index (χ1n) is 7.90. The number of ketones is 2. The molecular weight excluding hydrogens is 372 g/mol. The Morgan fingerprint density at radius 2 is 1.69 bits per heavy atom. The number of ether oxygens (including phenoxy) is 1. The average Bonchev–Trinajstić information content (AvgIpc) is 3.11. The van der Waals surface area contributed by atoms with Gasteiger partial charge in [-0.1, -0.05) is 0 Å². The third-order valence-electron chi connectivity index (χ3n) is 4.10. The van der Waals surface area contributed by atoms with Crippen molar-refractivity contribution in [3.8, 4) is 0 Å². The molecule has 5 nitrogen and oxygen atoms in total. The van der Waals surface area contributed by atoms with Gasteiger partial charge in [-0.25, -0.2) is 8.42 Å². The van der Waals surface area contributed by atoms with Gasteiger partial charge in [-0.2, -0.15) is 0 Å². The highest BCUT2D eigenvalue weighted by molar-refractivity contribution is 7.90. The predicted molar refractivity (Wildman–Crippen MR) is 101 cm³/mol. The predicted octanol–water partition coefficient (Wildman–Crippen LogP) is 3.60. The second-order valence-corrected chi connectivity index (χ2v) is 9.76. The molecule has 3 rings (SSSR count). The number of sulfone groups is 1. The third kappa shape index (κ3) is 3.24. The molecule has 0 N–H and O–H groups in total. The minimum Gasteiger partial charge on any atom is -0.478 e. The van der Waals surface area contributed by atoms with Crippen LogP contribution < -0.4 is 0 Å². The van der Waals surface area contributed by atoms with Crippen LogP contribution in [0.2, 0.25) is 0 Å². The largest absolute Gasteiger partial charge is 0.478 e. The number of rotatable bonds is 4. The smallest absolute Gasteiger partial charge is 0.210 e. The van der Waals surface area contributed by atoms with E-state index in [1.165, 1.54) is 30.4 Å². The molecule has 0 bridgehead atoms. The van der Waals surface area contributed by atoms with Crippen LogP contribution in [0.4, 0.5) is 0 Å². The number of hydrogen-bond donors (Lipinski definition) is 0.